The van der Waals surface area contributed by atoms with Gasteiger partial charge in [0.2, 0.25) is 0 Å². The Labute approximate surface area is 202 Å². The summed E-state index contributed by atoms with van der Waals surface area (Å²) in [5.74, 6) is -6.06. The van der Waals surface area contributed by atoms with E-state index in [1.165, 1.54) is 20.0 Å². The van der Waals surface area contributed by atoms with Crippen molar-refractivity contribution in [2.24, 2.45) is 0 Å². The Kier molecular flexibility index (Phi) is 15.4. The molecule has 0 amide bonds. The summed E-state index contributed by atoms with van der Waals surface area (Å²) < 4.78 is 2.77. The Morgan fingerprint density at radius 3 is 1.15 bits per heavy atom. The van der Waals surface area contributed by atoms with Gasteiger partial charge >= 0.3 is 102 Å². The van der Waals surface area contributed by atoms with Gasteiger partial charge in [-0.15, -0.1) is 0 Å². The van der Waals surface area contributed by atoms with E-state index < -0.39 is 45.0 Å². The summed E-state index contributed by atoms with van der Waals surface area (Å²) in [5.41, 5.74) is 2.36. The molecule has 0 atom stereocenters. The van der Waals surface area contributed by atoms with Gasteiger partial charge in [-0.05, 0) is 37.1 Å². The molecule has 0 saturated carbocycles. The standard InChI is InChI=1S/2C7H7.2C5H6O4.Sn.2H/c2*1-7-5-3-2-4-6-7;2*1-3(5(8)9)2-4(6)7;;;/h2*2-6H,1H2;2*2H,1H3,(H,6,7)(H,8,9);;;/q;;;;+4;;/p-4/b;;2*3-2-;;;. The first-order valence-corrected chi connectivity index (χ1v) is 15.5. The Balaban J connectivity index is 0.000000498. The molecule has 2 aromatic rings. The van der Waals surface area contributed by atoms with Gasteiger partial charge in [0.1, 0.15) is 0 Å². The molecule has 0 unspecified atom stereocenters. The molecule has 0 aliphatic rings. The van der Waals surface area contributed by atoms with E-state index in [1.807, 2.05) is 0 Å². The summed E-state index contributed by atoms with van der Waals surface area (Å²) in [7, 11) is 0. The first kappa shape index (κ1) is 29.6. The van der Waals surface area contributed by atoms with Crippen molar-refractivity contribution in [1.82, 2.24) is 0 Å². The second kappa shape index (κ2) is 17.2. The number of aliphatic carboxylic acids is 4. The molecule has 0 aliphatic heterocycles. The van der Waals surface area contributed by atoms with Crippen LogP contribution in [-0.4, -0.2) is 45.0 Å². The van der Waals surface area contributed by atoms with Gasteiger partial charge in [-0.3, -0.25) is 0 Å². The molecule has 9 heteroatoms. The SMILES string of the molecule is C/C(=C/C(=O)[O-])C(=O)[O-].C/C(=C/C(=O)[O-])C(=O)[O-].c1ccc([CH2][SnH2+4][CH2]c2ccccc2)cc1. The second-order valence-electron chi connectivity index (χ2n) is 6.69. The molecule has 172 valence electrons. The van der Waals surface area contributed by atoms with Crippen LogP contribution in [0.15, 0.2) is 84.0 Å². The maximum atomic E-state index is 9.76. The number of carbonyl (C=O) groups excluding carboxylic acids is 4. The van der Waals surface area contributed by atoms with Gasteiger partial charge in [-0.2, -0.15) is 0 Å². The quantitative estimate of drug-likeness (QED) is 0.252. The number of carboxylic acid groups (broad SMARTS) is 4. The zero-order valence-electron chi connectivity index (χ0n) is 18.3. The molecule has 0 heterocycles. The molecular formula is C24H24O8Sn. The number of carboxylic acids is 4. The Hall–Kier alpha value is -3.40. The fraction of sp³-hybridized carbons (Fsp3) is 0.167. The minimum atomic E-state index is -1.53. The van der Waals surface area contributed by atoms with Crippen LogP contribution in [0.4, 0.5) is 0 Å². The molecule has 0 saturated heterocycles. The van der Waals surface area contributed by atoms with Crippen LogP contribution in [0.1, 0.15) is 25.0 Å². The molecule has 2 aromatic carbocycles. The van der Waals surface area contributed by atoms with Gasteiger partial charge in [0.15, 0.2) is 0 Å². The second-order valence-corrected chi connectivity index (χ2v) is 11.6. The van der Waals surface area contributed by atoms with Gasteiger partial charge in [0.25, 0.3) is 0 Å². The Morgan fingerprint density at radius 1 is 0.636 bits per heavy atom. The first-order chi connectivity index (χ1) is 15.5. The minimum absolute atomic E-state index is 0.352. The fourth-order valence-corrected chi connectivity index (χ4v) is 7.00. The van der Waals surface area contributed by atoms with Crippen LogP contribution in [0.3, 0.4) is 0 Å². The van der Waals surface area contributed by atoms with E-state index in [0.29, 0.717) is 12.2 Å². The molecule has 4 radical (unpaired) electrons. The van der Waals surface area contributed by atoms with Crippen LogP contribution < -0.4 is 20.4 Å². The fourth-order valence-electron chi connectivity index (χ4n) is 2.26. The maximum absolute atomic E-state index is 9.76. The number of hydrogen-bond donors (Lipinski definition) is 0. The molecule has 0 bridgehead atoms. The third-order valence-electron chi connectivity index (χ3n) is 3.93. The third-order valence-corrected chi connectivity index (χ3v) is 9.24. The summed E-state index contributed by atoms with van der Waals surface area (Å²) in [5, 5.41) is 38.8. The molecule has 0 fully saturated rings. The van der Waals surface area contributed by atoms with Crippen LogP contribution in [-0.2, 0) is 28.1 Å². The normalized spacial score (nSPS) is 10.6. The van der Waals surface area contributed by atoms with Crippen molar-refractivity contribution >= 4 is 45.0 Å². The number of carbonyl (C=O) groups is 4. The van der Waals surface area contributed by atoms with Crippen LogP contribution >= 0.6 is 0 Å². The summed E-state index contributed by atoms with van der Waals surface area (Å²) in [4.78, 5) is 38.8. The molecular weight excluding hydrogens is 535 g/mol. The van der Waals surface area contributed by atoms with E-state index in [9.17, 15) is 39.6 Å². The van der Waals surface area contributed by atoms with E-state index >= 15 is 0 Å². The summed E-state index contributed by atoms with van der Waals surface area (Å²) in [6.07, 6.45) is 0.935. The van der Waals surface area contributed by atoms with Crippen molar-refractivity contribution < 1.29 is 39.6 Å². The zero-order valence-corrected chi connectivity index (χ0v) is 22.4. The first-order valence-electron chi connectivity index (χ1n) is 9.82. The Morgan fingerprint density at radius 2 is 0.939 bits per heavy atom. The van der Waals surface area contributed by atoms with E-state index in [-0.39, 0.29) is 11.1 Å². The van der Waals surface area contributed by atoms with Crippen molar-refractivity contribution in [2.45, 2.75) is 22.7 Å². The van der Waals surface area contributed by atoms with Gasteiger partial charge in [-0.1, -0.05) is 0 Å². The number of rotatable bonds is 8. The van der Waals surface area contributed by atoms with Crippen LogP contribution in [0.5, 0.6) is 0 Å². The van der Waals surface area contributed by atoms with Crippen LogP contribution in [0, 0.1) is 0 Å². The third kappa shape index (κ3) is 16.9. The van der Waals surface area contributed by atoms with Gasteiger partial charge in [0.05, 0.1) is 23.9 Å². The van der Waals surface area contributed by atoms with E-state index in [2.05, 4.69) is 60.7 Å². The molecule has 8 nitrogen and oxygen atoms in total. The molecule has 2 rings (SSSR count). The predicted molar refractivity (Wildman–Crippen MR) is 116 cm³/mol. The molecule has 0 aliphatic carbocycles. The van der Waals surface area contributed by atoms with E-state index in [4.69, 9.17) is 0 Å². The summed E-state index contributed by atoms with van der Waals surface area (Å²) in [6.45, 7) is 2.23. The topological polar surface area (TPSA) is 161 Å². The Bertz CT molecular complexity index is 887. The van der Waals surface area contributed by atoms with Crippen LogP contribution in [0.2, 0.25) is 0 Å². The molecule has 33 heavy (non-hydrogen) atoms. The van der Waals surface area contributed by atoms with E-state index in [0.717, 1.165) is 13.8 Å². The van der Waals surface area contributed by atoms with Crippen molar-refractivity contribution in [3.8, 4) is 0 Å². The van der Waals surface area contributed by atoms with Crippen molar-refractivity contribution in [1.29, 1.82) is 0 Å². The predicted octanol–water partition coefficient (Wildman–Crippen LogP) is -2.58. The van der Waals surface area contributed by atoms with Gasteiger partial charge < -0.3 is 39.6 Å². The summed E-state index contributed by atoms with van der Waals surface area (Å²) in [6, 6.07) is 21.8. The van der Waals surface area contributed by atoms with E-state index in [1.54, 1.807) is 0 Å². The van der Waals surface area contributed by atoms with Crippen LogP contribution in [0.25, 0.3) is 0 Å². The summed E-state index contributed by atoms with van der Waals surface area (Å²) >= 11 is -0.608. The van der Waals surface area contributed by atoms with Gasteiger partial charge in [-0.25, -0.2) is 0 Å². The number of benzene rings is 2. The molecule has 0 aromatic heterocycles. The van der Waals surface area contributed by atoms with Crippen molar-refractivity contribution in [3.05, 3.63) is 95.1 Å². The number of hydrogen-bond acceptors (Lipinski definition) is 8. The van der Waals surface area contributed by atoms with Gasteiger partial charge in [0, 0.05) is 0 Å². The van der Waals surface area contributed by atoms with Crippen molar-refractivity contribution in [2.75, 3.05) is 0 Å². The zero-order chi connectivity index (χ0) is 25.2. The molecule has 0 N–H and O–H groups in total. The molecule has 0 spiro atoms. The van der Waals surface area contributed by atoms with Crippen molar-refractivity contribution in [3.63, 3.8) is 0 Å². The monoisotopic (exact) mass is 560 g/mol. The average Bonchev–Trinajstić information content (AvgIpc) is 2.75. The average molecular weight is 559 g/mol.